The largest absolute Gasteiger partial charge is 0.508 e. The molecular weight excluding hydrogens is 1740 g/mol. The van der Waals surface area contributed by atoms with E-state index in [9.17, 15) is 142 Å². The van der Waals surface area contributed by atoms with E-state index in [1.54, 1.807) is 54.6 Å². The Labute approximate surface area is 752 Å². The van der Waals surface area contributed by atoms with Crippen molar-refractivity contribution < 1.29 is 157 Å². The van der Waals surface area contributed by atoms with E-state index >= 15 is 9.59 Å². The number of phenols is 1. The summed E-state index contributed by atoms with van der Waals surface area (Å²) in [4.78, 5) is 265. The van der Waals surface area contributed by atoms with Crippen LogP contribution in [0.1, 0.15) is 125 Å². The van der Waals surface area contributed by atoms with Crippen molar-refractivity contribution in [2.75, 3.05) is 90.8 Å². The van der Waals surface area contributed by atoms with Crippen molar-refractivity contribution in [3.05, 3.63) is 143 Å². The Morgan fingerprint density at radius 1 is 0.333 bits per heavy atom. The van der Waals surface area contributed by atoms with Gasteiger partial charge in [-0.25, -0.2) is 33.6 Å². The standard InChI is InChI=1S/C85H107N15O32/c86-55-16-11-47(12-17-55)37-61(90-67(103)24-22-65(84(130)131)100-34-32-98(45-71(109)110)30-28-97(44-70(107)108)29-31-99(33-35-100)46-72(111)112)75(115)93-62(38-48-13-18-56(101)19-14-48)77(117)94-63(39-49-10-15-50-6-1-2-7-51(50)36-49)76(116)91-58(81(124)125)8-3-4-26-88-74(114)64(92-73(113)52-40-53(78(118)119)42-54(41-52)79(120)121)43-68(104)87-27-5-9-57(80(122)123)89-66(102)23-20-59(82(126)127)95-85(132)96-60(83(128)129)21-25-69(105)106/h1-2,6-7,10-19,36,40-42,57-65,101H,3-5,8-9,20-35,37-39,43-46,86H2,(H,87,104)(H,88,114)(H,89,102)(H,90,103)(H,91,116)(H,92,113)(H,93,115)(H,94,117)(H,105,106)(H,107,108)(H,109,110)(H,111,112)(H,118,119)(H,120,121)(H,122,123)(H,124,125)(H,126,127)(H,128,129)(H,130,131)(H2,95,96,132)/t57-,58+,59-,60-,61-,62+,63+,64+,65?/m0/s1. The van der Waals surface area contributed by atoms with Gasteiger partial charge in [0.25, 0.3) is 5.91 Å². The van der Waals surface area contributed by atoms with Crippen molar-refractivity contribution in [3.63, 3.8) is 0 Å². The molecule has 5 aromatic carbocycles. The maximum Gasteiger partial charge on any atom is 0.335 e. The van der Waals surface area contributed by atoms with Gasteiger partial charge in [-0.3, -0.25) is 81.9 Å². The number of nitrogens with zero attached hydrogens (tertiary/aromatic N) is 4. The van der Waals surface area contributed by atoms with E-state index in [2.05, 4.69) is 42.5 Å². The molecule has 1 unspecified atom stereocenters. The second-order valence-electron chi connectivity index (χ2n) is 31.0. The number of phenolic OH excluding ortho intramolecular Hbond substituents is 1. The molecule has 47 nitrogen and oxygen atoms in total. The number of anilines is 1. The first-order valence-electron chi connectivity index (χ1n) is 41.6. The molecule has 47 heteroatoms. The van der Waals surface area contributed by atoms with Gasteiger partial charge in [0.05, 0.1) is 37.2 Å². The summed E-state index contributed by atoms with van der Waals surface area (Å²) >= 11 is 0. The molecule has 0 spiro atoms. The highest BCUT2D eigenvalue weighted by molar-refractivity contribution is 6.04. The molecule has 132 heavy (non-hydrogen) atoms. The molecule has 1 fully saturated rings. The number of carboxylic acids is 11. The predicted molar refractivity (Wildman–Crippen MR) is 459 cm³/mol. The zero-order valence-corrected chi connectivity index (χ0v) is 71.3. The van der Waals surface area contributed by atoms with Crippen LogP contribution in [0.5, 0.6) is 5.75 Å². The van der Waals surface area contributed by atoms with Crippen molar-refractivity contribution in [1.82, 2.24) is 72.8 Å². The number of carboxylic acid groups (broad SMARTS) is 11. The number of hydrogen-bond acceptors (Lipinski definition) is 26. The van der Waals surface area contributed by atoms with Crippen LogP contribution in [0.15, 0.2) is 109 Å². The van der Waals surface area contributed by atoms with E-state index in [0.29, 0.717) is 27.8 Å². The summed E-state index contributed by atoms with van der Waals surface area (Å²) in [5, 5.41) is 143. The number of urea groups is 1. The molecule has 0 saturated carbocycles. The molecule has 1 saturated heterocycles. The number of rotatable bonds is 53. The van der Waals surface area contributed by atoms with Crippen LogP contribution >= 0.6 is 0 Å². The second kappa shape index (κ2) is 53.1. The van der Waals surface area contributed by atoms with Gasteiger partial charge in [-0.2, -0.15) is 0 Å². The summed E-state index contributed by atoms with van der Waals surface area (Å²) in [5.41, 5.74) is 5.57. The topological polar surface area (TPSA) is 743 Å². The smallest absolute Gasteiger partial charge is 0.335 e. The highest BCUT2D eigenvalue weighted by Gasteiger charge is 2.36. The van der Waals surface area contributed by atoms with Crippen LogP contribution in [-0.2, 0) is 96.0 Å². The molecule has 5 aromatic rings. The van der Waals surface area contributed by atoms with Gasteiger partial charge in [-0.1, -0.05) is 66.7 Å². The Kier molecular flexibility index (Phi) is 42.5. The average Bonchev–Trinajstić information content (AvgIpc) is 0.828. The third kappa shape index (κ3) is 37.7. The number of aliphatic carboxylic acids is 9. The van der Waals surface area contributed by atoms with Gasteiger partial charge in [0, 0.05) is 115 Å². The number of carbonyl (C=O) groups excluding carboxylic acids is 9. The molecule has 1 aliphatic rings. The van der Waals surface area contributed by atoms with Gasteiger partial charge >= 0.3 is 71.7 Å². The average molecular weight is 1850 g/mol. The molecule has 1 heterocycles. The zero-order chi connectivity index (χ0) is 97.4. The Bertz CT molecular complexity index is 4920. The van der Waals surface area contributed by atoms with Gasteiger partial charge in [0.1, 0.15) is 60.1 Å². The summed E-state index contributed by atoms with van der Waals surface area (Å²) in [6.45, 7) is -2.47. The Morgan fingerprint density at radius 2 is 0.735 bits per heavy atom. The number of nitrogen functional groups attached to an aromatic ring is 1. The van der Waals surface area contributed by atoms with Crippen LogP contribution in [-0.4, -0.2) is 339 Å². The SMILES string of the molecule is Nc1ccc(C[C@H](NC(=O)CCC(C(=O)O)N2CCN(CC(=O)O)CCN(CC(=O)O)CCN(CC(=O)O)CC2)C(=O)N[C@H](Cc2ccc(O)cc2)C(=O)N[C@H](Cc2ccc3ccccc3c2)C(=O)N[C@H](CCCCNC(=O)[C@@H](CC(=O)NCCC[C@H](NC(=O)CC[C@H](NC(=O)N[C@@H](CCC(=O)O)C(=O)O)C(=O)O)C(=O)O)NC(=O)c2cc(C(=O)O)cc(C(=O)O)c2)C(=O)O)cc1. The van der Waals surface area contributed by atoms with Gasteiger partial charge in [0.15, 0.2) is 0 Å². The van der Waals surface area contributed by atoms with Crippen LogP contribution in [0.3, 0.4) is 0 Å². The quantitative estimate of drug-likeness (QED) is 0.0149. The van der Waals surface area contributed by atoms with E-state index < -0.39 is 261 Å². The van der Waals surface area contributed by atoms with E-state index in [1.165, 1.54) is 56.0 Å². The normalized spacial score (nSPS) is 14.9. The molecule has 0 aromatic heterocycles. The Hall–Kier alpha value is -15.0. The lowest BCUT2D eigenvalue weighted by Crippen LogP contribution is -2.59. The van der Waals surface area contributed by atoms with Crippen LogP contribution < -0.4 is 58.9 Å². The number of nitrogens with two attached hydrogens (primary N) is 1. The molecule has 714 valence electrons. The fourth-order valence-corrected chi connectivity index (χ4v) is 14.0. The van der Waals surface area contributed by atoms with E-state index in [4.69, 9.17) is 10.8 Å². The van der Waals surface area contributed by atoms with Gasteiger partial charge in [-0.15, -0.1) is 0 Å². The van der Waals surface area contributed by atoms with Gasteiger partial charge in [-0.05, 0) is 121 Å². The zero-order valence-electron chi connectivity index (χ0n) is 71.3. The van der Waals surface area contributed by atoms with Crippen molar-refractivity contribution in [3.8, 4) is 5.75 Å². The maximum atomic E-state index is 15.2. The maximum absolute atomic E-state index is 15.2. The minimum absolute atomic E-state index is 0.0168. The Balaban J connectivity index is 1.18. The minimum atomic E-state index is -1.87. The number of unbranched alkanes of at least 4 members (excludes halogenated alkanes) is 1. The van der Waals surface area contributed by atoms with Crippen molar-refractivity contribution >= 4 is 135 Å². The van der Waals surface area contributed by atoms with E-state index in [1.807, 2.05) is 10.6 Å². The van der Waals surface area contributed by atoms with Crippen molar-refractivity contribution in [1.29, 1.82) is 0 Å². The number of hydrogen-bond donors (Lipinski definition) is 23. The van der Waals surface area contributed by atoms with Crippen LogP contribution in [0.25, 0.3) is 10.8 Å². The van der Waals surface area contributed by atoms with Crippen LogP contribution in [0.4, 0.5) is 10.5 Å². The highest BCUT2D eigenvalue weighted by Crippen LogP contribution is 2.21. The predicted octanol–water partition coefficient (Wildman–Crippen LogP) is -1.92. The molecule has 1 aliphatic heterocycles. The second-order valence-corrected chi connectivity index (χ2v) is 31.0. The van der Waals surface area contributed by atoms with E-state index in [0.717, 1.165) is 23.6 Å². The number of fused-ring (bicyclic) bond motifs is 1. The first-order chi connectivity index (χ1) is 62.5. The summed E-state index contributed by atoms with van der Waals surface area (Å²) in [6, 6.07) is 9.33. The Morgan fingerprint density at radius 3 is 1.21 bits per heavy atom. The van der Waals surface area contributed by atoms with Gasteiger partial charge < -0.3 is 120 Å². The van der Waals surface area contributed by atoms with Gasteiger partial charge in [0.2, 0.25) is 41.4 Å². The van der Waals surface area contributed by atoms with Crippen LogP contribution in [0, 0.1) is 0 Å². The summed E-state index contributed by atoms with van der Waals surface area (Å²) in [5.74, 6) is -24.9. The number of amides is 10. The number of aromatic carboxylic acids is 2. The first kappa shape index (κ1) is 106. The molecule has 0 bridgehead atoms. The van der Waals surface area contributed by atoms with Crippen molar-refractivity contribution in [2.45, 2.75) is 151 Å². The fourth-order valence-electron chi connectivity index (χ4n) is 14.0. The lowest BCUT2D eigenvalue weighted by Gasteiger charge is -2.35. The third-order valence-electron chi connectivity index (χ3n) is 21.0. The molecular formula is C85H107N15O32. The first-order valence-corrected chi connectivity index (χ1v) is 41.6. The highest BCUT2D eigenvalue weighted by atomic mass is 16.4. The monoisotopic (exact) mass is 1850 g/mol. The van der Waals surface area contributed by atoms with Crippen molar-refractivity contribution in [2.24, 2.45) is 0 Å². The van der Waals surface area contributed by atoms with E-state index in [-0.39, 0.29) is 116 Å². The summed E-state index contributed by atoms with van der Waals surface area (Å²) in [6.07, 6.45) is -6.81. The molecule has 0 aliphatic carbocycles. The molecule has 0 radical (unpaired) electrons. The molecule has 10 amide bonds. The third-order valence-corrected chi connectivity index (χ3v) is 21.0. The number of benzene rings is 5. The molecule has 24 N–H and O–H groups in total. The summed E-state index contributed by atoms with van der Waals surface area (Å²) in [7, 11) is 0. The minimum Gasteiger partial charge on any atom is -0.508 e. The fraction of sp³-hybridized carbons (Fsp3) is 0.435. The molecule has 9 atom stereocenters. The summed E-state index contributed by atoms with van der Waals surface area (Å²) < 4.78 is 0. The lowest BCUT2D eigenvalue weighted by molar-refractivity contribution is -0.145. The number of carbonyl (C=O) groups is 20. The number of aromatic hydroxyl groups is 1. The lowest BCUT2D eigenvalue weighted by atomic mass is 9.99. The number of nitrogens with one attached hydrogen (secondary N) is 10. The molecule has 6 rings (SSSR count). The van der Waals surface area contributed by atoms with Crippen LogP contribution in [0.2, 0.25) is 0 Å².